The molecule has 7 heteroatoms. The topological polar surface area (TPSA) is 86.7 Å². The van der Waals surface area contributed by atoms with Gasteiger partial charge in [0.05, 0.1) is 12.0 Å². The Morgan fingerprint density at radius 1 is 1.38 bits per heavy atom. The number of aliphatic carboxylic acids is 1. The van der Waals surface area contributed by atoms with Crippen LogP contribution >= 0.6 is 0 Å². The van der Waals surface area contributed by atoms with Gasteiger partial charge in [-0.2, -0.15) is 0 Å². The predicted molar refractivity (Wildman–Crippen MR) is 72.6 cm³/mol. The van der Waals surface area contributed by atoms with E-state index in [1.807, 2.05) is 0 Å². The van der Waals surface area contributed by atoms with Crippen molar-refractivity contribution in [3.05, 3.63) is 29.1 Å². The third kappa shape index (κ3) is 3.36. The number of nitrogens with zero attached hydrogens (tertiary/aromatic N) is 1. The van der Waals surface area contributed by atoms with Crippen molar-refractivity contribution in [1.29, 1.82) is 0 Å². The summed E-state index contributed by atoms with van der Waals surface area (Å²) in [6.45, 7) is 0.00142. The van der Waals surface area contributed by atoms with Crippen LogP contribution < -0.4 is 5.32 Å². The lowest BCUT2D eigenvalue weighted by Crippen LogP contribution is -2.30. The highest BCUT2D eigenvalue weighted by Crippen LogP contribution is 2.26. The Balaban J connectivity index is 2.21. The van der Waals surface area contributed by atoms with Gasteiger partial charge in [-0.1, -0.05) is 0 Å². The Labute approximate surface area is 120 Å². The number of carbonyl (C=O) groups is 3. The number of aryl methyl sites for hydroxylation is 1. The normalized spacial score (nSPS) is 13.3. The molecule has 0 saturated carbocycles. The molecule has 1 aliphatic heterocycles. The highest BCUT2D eigenvalue weighted by molar-refractivity contribution is 5.98. The number of amides is 2. The van der Waals surface area contributed by atoms with Gasteiger partial charge in [0.15, 0.2) is 0 Å². The molecule has 0 fully saturated rings. The fourth-order valence-electron chi connectivity index (χ4n) is 2.14. The molecule has 2 amide bonds. The maximum Gasteiger partial charge on any atom is 0.305 e. The Bertz CT molecular complexity index is 615. The molecule has 1 aromatic carbocycles. The summed E-state index contributed by atoms with van der Waals surface area (Å²) < 4.78 is 14.0. The molecule has 6 nitrogen and oxygen atoms in total. The largest absolute Gasteiger partial charge is 0.481 e. The first-order valence-electron chi connectivity index (χ1n) is 6.48. The zero-order chi connectivity index (χ0) is 15.6. The minimum absolute atomic E-state index is 0.00142. The molecule has 0 unspecified atom stereocenters. The van der Waals surface area contributed by atoms with Crippen molar-refractivity contribution in [2.45, 2.75) is 19.3 Å². The van der Waals surface area contributed by atoms with Crippen molar-refractivity contribution in [3.8, 4) is 0 Å². The van der Waals surface area contributed by atoms with Crippen molar-refractivity contribution in [2.75, 3.05) is 18.9 Å². The summed E-state index contributed by atoms with van der Waals surface area (Å²) in [5.74, 6) is -2.51. The van der Waals surface area contributed by atoms with Gasteiger partial charge in [0.2, 0.25) is 5.91 Å². The van der Waals surface area contributed by atoms with Gasteiger partial charge in [0.1, 0.15) is 5.82 Å². The van der Waals surface area contributed by atoms with Crippen molar-refractivity contribution in [2.24, 2.45) is 0 Å². The molecule has 2 N–H and O–H groups in total. The van der Waals surface area contributed by atoms with E-state index in [0.29, 0.717) is 24.1 Å². The van der Waals surface area contributed by atoms with E-state index >= 15 is 0 Å². The van der Waals surface area contributed by atoms with Gasteiger partial charge >= 0.3 is 5.97 Å². The maximum atomic E-state index is 14.0. The van der Waals surface area contributed by atoms with E-state index < -0.39 is 17.7 Å². The smallest absolute Gasteiger partial charge is 0.305 e. The third-order valence-electron chi connectivity index (χ3n) is 3.33. The minimum Gasteiger partial charge on any atom is -0.481 e. The molecular weight excluding hydrogens is 279 g/mol. The lowest BCUT2D eigenvalue weighted by Gasteiger charge is -2.20. The lowest BCUT2D eigenvalue weighted by molar-refractivity contribution is -0.137. The number of hydrogen-bond donors (Lipinski definition) is 2. The van der Waals surface area contributed by atoms with Crippen LogP contribution in [0.1, 0.15) is 28.8 Å². The van der Waals surface area contributed by atoms with Crippen molar-refractivity contribution in [1.82, 2.24) is 4.90 Å². The molecule has 2 rings (SSSR count). The second-order valence-electron chi connectivity index (χ2n) is 4.91. The number of carbonyl (C=O) groups excluding carboxylic acids is 2. The Kier molecular flexibility index (Phi) is 4.21. The van der Waals surface area contributed by atoms with Crippen LogP contribution in [0.4, 0.5) is 10.1 Å². The zero-order valence-corrected chi connectivity index (χ0v) is 11.5. The van der Waals surface area contributed by atoms with Gasteiger partial charge in [-0.25, -0.2) is 4.39 Å². The maximum absolute atomic E-state index is 14.0. The summed E-state index contributed by atoms with van der Waals surface area (Å²) in [5, 5.41) is 11.2. The molecule has 0 aliphatic carbocycles. The van der Waals surface area contributed by atoms with Gasteiger partial charge in [0, 0.05) is 25.7 Å². The van der Waals surface area contributed by atoms with Crippen LogP contribution in [0.5, 0.6) is 0 Å². The summed E-state index contributed by atoms with van der Waals surface area (Å²) in [6, 6.07) is 2.55. The Hall–Kier alpha value is -2.44. The van der Waals surface area contributed by atoms with Gasteiger partial charge < -0.3 is 15.3 Å². The zero-order valence-electron chi connectivity index (χ0n) is 11.5. The first kappa shape index (κ1) is 15.0. The summed E-state index contributed by atoms with van der Waals surface area (Å²) in [5.41, 5.74) is 0.970. The first-order valence-corrected chi connectivity index (χ1v) is 6.48. The monoisotopic (exact) mass is 294 g/mol. The summed E-state index contributed by atoms with van der Waals surface area (Å²) in [4.78, 5) is 35.0. The lowest BCUT2D eigenvalue weighted by atomic mass is 9.99. The van der Waals surface area contributed by atoms with Gasteiger partial charge in [-0.05, 0) is 24.1 Å². The van der Waals surface area contributed by atoms with Crippen LogP contribution in [0.25, 0.3) is 0 Å². The van der Waals surface area contributed by atoms with E-state index in [4.69, 9.17) is 5.11 Å². The van der Waals surface area contributed by atoms with Crippen LogP contribution in [-0.2, 0) is 16.0 Å². The summed E-state index contributed by atoms with van der Waals surface area (Å²) in [7, 11) is 1.42. The highest BCUT2D eigenvalue weighted by atomic mass is 19.1. The Morgan fingerprint density at radius 2 is 2.10 bits per heavy atom. The number of rotatable bonds is 4. The van der Waals surface area contributed by atoms with E-state index in [9.17, 15) is 18.8 Å². The van der Waals surface area contributed by atoms with Gasteiger partial charge in [-0.15, -0.1) is 0 Å². The third-order valence-corrected chi connectivity index (χ3v) is 3.33. The molecule has 21 heavy (non-hydrogen) atoms. The van der Waals surface area contributed by atoms with Crippen LogP contribution in [0.2, 0.25) is 0 Å². The van der Waals surface area contributed by atoms with E-state index in [2.05, 4.69) is 5.32 Å². The van der Waals surface area contributed by atoms with Crippen LogP contribution in [0.3, 0.4) is 0 Å². The number of halogens is 1. The van der Waals surface area contributed by atoms with Gasteiger partial charge in [0.25, 0.3) is 5.91 Å². The second kappa shape index (κ2) is 5.90. The molecule has 1 aliphatic rings. The number of hydrogen-bond acceptors (Lipinski definition) is 3. The fourth-order valence-corrected chi connectivity index (χ4v) is 2.14. The Morgan fingerprint density at radius 3 is 2.76 bits per heavy atom. The highest BCUT2D eigenvalue weighted by Gasteiger charge is 2.22. The van der Waals surface area contributed by atoms with E-state index in [-0.39, 0.29) is 24.4 Å². The number of nitrogens with one attached hydrogen (secondary N) is 1. The van der Waals surface area contributed by atoms with Crippen LogP contribution in [0.15, 0.2) is 12.1 Å². The number of carboxylic acid groups (broad SMARTS) is 1. The molecular formula is C14H15FN2O4. The molecule has 0 spiro atoms. The molecule has 0 atom stereocenters. The van der Waals surface area contributed by atoms with Crippen molar-refractivity contribution >= 4 is 23.5 Å². The van der Waals surface area contributed by atoms with Crippen LogP contribution in [0, 0.1) is 5.82 Å². The van der Waals surface area contributed by atoms with E-state index in [1.165, 1.54) is 18.0 Å². The minimum atomic E-state index is -1.02. The quantitative estimate of drug-likeness (QED) is 0.875. The van der Waals surface area contributed by atoms with Gasteiger partial charge in [-0.3, -0.25) is 14.4 Å². The molecule has 0 radical (unpaired) electrons. The standard InChI is InChI=1S/C14H15FN2O4/c1-17(5-4-13(19)20)14(21)9-6-8-2-3-12(18)16-11(8)7-10(9)15/h6-7H,2-5H2,1H3,(H,16,18)(H,19,20). The second-order valence-corrected chi connectivity index (χ2v) is 4.91. The predicted octanol–water partition coefficient (Wildman–Crippen LogP) is 1.26. The molecule has 1 aromatic rings. The number of benzene rings is 1. The van der Waals surface area contributed by atoms with E-state index in [0.717, 1.165) is 6.07 Å². The van der Waals surface area contributed by atoms with Crippen molar-refractivity contribution in [3.63, 3.8) is 0 Å². The van der Waals surface area contributed by atoms with E-state index in [1.54, 1.807) is 0 Å². The van der Waals surface area contributed by atoms with Crippen molar-refractivity contribution < 1.29 is 23.9 Å². The first-order chi connectivity index (χ1) is 9.88. The average Bonchev–Trinajstić information content (AvgIpc) is 2.43. The number of fused-ring (bicyclic) bond motifs is 1. The summed E-state index contributed by atoms with van der Waals surface area (Å²) >= 11 is 0. The average molecular weight is 294 g/mol. The fraction of sp³-hybridized carbons (Fsp3) is 0.357. The number of carboxylic acids is 1. The SMILES string of the molecule is CN(CCC(=O)O)C(=O)c1cc2c(cc1F)NC(=O)CC2. The summed E-state index contributed by atoms with van der Waals surface area (Å²) in [6.07, 6.45) is 0.534. The molecule has 112 valence electrons. The molecule has 0 bridgehead atoms. The number of anilines is 1. The molecule has 0 saturated heterocycles. The molecule has 1 heterocycles. The van der Waals surface area contributed by atoms with Crippen LogP contribution in [-0.4, -0.2) is 41.4 Å². The molecule has 0 aromatic heterocycles.